The number of hydrogen-bond donors (Lipinski definition) is 1. The van der Waals surface area contributed by atoms with Gasteiger partial charge in [-0.15, -0.1) is 0 Å². The predicted molar refractivity (Wildman–Crippen MR) is 136 cm³/mol. The van der Waals surface area contributed by atoms with E-state index >= 15 is 0 Å². The first kappa shape index (κ1) is 22.2. The standard InChI is InChI=1S/C29H30N2O3/c1-18(2)34-27-11-7-4-8-22(27)29-28-25(30-23-9-5-6-10-24(23)31-29)16-20(17-26(28)32)19-12-14-21(33-3)15-13-19/h4-15,18,20,28-29,31H,16-17H2,1-3H3. The number of benzene rings is 3. The van der Waals surface area contributed by atoms with Gasteiger partial charge in [0, 0.05) is 17.7 Å². The zero-order chi connectivity index (χ0) is 23.7. The molecule has 0 bridgehead atoms. The van der Waals surface area contributed by atoms with Crippen LogP contribution in [0.3, 0.4) is 0 Å². The molecule has 5 nitrogen and oxygen atoms in total. The molecule has 5 rings (SSSR count). The summed E-state index contributed by atoms with van der Waals surface area (Å²) in [7, 11) is 1.66. The van der Waals surface area contributed by atoms with E-state index in [2.05, 4.69) is 23.5 Å². The molecule has 1 heterocycles. The number of nitrogens with one attached hydrogen (secondary N) is 1. The van der Waals surface area contributed by atoms with Gasteiger partial charge in [-0.1, -0.05) is 42.5 Å². The van der Waals surface area contributed by atoms with Gasteiger partial charge >= 0.3 is 0 Å². The van der Waals surface area contributed by atoms with Crippen LogP contribution in [0.4, 0.5) is 11.4 Å². The van der Waals surface area contributed by atoms with E-state index in [0.717, 1.165) is 46.1 Å². The lowest BCUT2D eigenvalue weighted by atomic mass is 9.72. The third kappa shape index (κ3) is 4.30. The molecule has 1 aliphatic carbocycles. The Labute approximate surface area is 200 Å². The maximum absolute atomic E-state index is 13.8. The van der Waals surface area contributed by atoms with Crippen molar-refractivity contribution in [2.45, 2.75) is 44.8 Å². The Bertz CT molecular complexity index is 1220. The van der Waals surface area contributed by atoms with Crippen molar-refractivity contribution < 1.29 is 14.3 Å². The summed E-state index contributed by atoms with van der Waals surface area (Å²) in [5.41, 5.74) is 4.86. The predicted octanol–water partition coefficient (Wildman–Crippen LogP) is 6.48. The average molecular weight is 455 g/mol. The van der Waals surface area contributed by atoms with Gasteiger partial charge in [0.15, 0.2) is 0 Å². The molecule has 0 aromatic heterocycles. The molecule has 0 saturated heterocycles. The number of aliphatic imine (C=N–C) groups is 1. The molecule has 1 fully saturated rings. The summed E-state index contributed by atoms with van der Waals surface area (Å²) in [6, 6.07) is 23.8. The van der Waals surface area contributed by atoms with E-state index in [1.54, 1.807) is 7.11 Å². The van der Waals surface area contributed by atoms with E-state index in [9.17, 15) is 4.79 Å². The molecular formula is C29H30N2O3. The minimum Gasteiger partial charge on any atom is -0.497 e. The SMILES string of the molecule is COc1ccc(C2CC(=O)C3C(=Nc4ccccc4NC3c3ccccc3OC(C)C)C2)cc1. The number of nitrogens with zero attached hydrogens (tertiary/aromatic N) is 1. The van der Waals surface area contributed by atoms with E-state index in [-0.39, 0.29) is 29.8 Å². The zero-order valence-electron chi connectivity index (χ0n) is 19.8. The largest absolute Gasteiger partial charge is 0.497 e. The summed E-state index contributed by atoms with van der Waals surface area (Å²) >= 11 is 0. The van der Waals surface area contributed by atoms with Crippen LogP contribution < -0.4 is 14.8 Å². The number of rotatable bonds is 5. The van der Waals surface area contributed by atoms with Crippen LogP contribution in [0.5, 0.6) is 11.5 Å². The molecule has 5 heteroatoms. The van der Waals surface area contributed by atoms with Gasteiger partial charge in [0.2, 0.25) is 0 Å². The topological polar surface area (TPSA) is 59.9 Å². The number of hydrogen-bond acceptors (Lipinski definition) is 5. The van der Waals surface area contributed by atoms with Crippen LogP contribution in [0.25, 0.3) is 0 Å². The molecule has 34 heavy (non-hydrogen) atoms. The maximum atomic E-state index is 13.8. The number of ether oxygens (including phenoxy) is 2. The van der Waals surface area contributed by atoms with Crippen molar-refractivity contribution in [3.05, 3.63) is 83.9 Å². The first-order chi connectivity index (χ1) is 16.5. The van der Waals surface area contributed by atoms with Gasteiger partial charge in [0.1, 0.15) is 17.3 Å². The van der Waals surface area contributed by atoms with E-state index < -0.39 is 0 Å². The monoisotopic (exact) mass is 454 g/mol. The van der Waals surface area contributed by atoms with Gasteiger partial charge in [0.05, 0.1) is 36.5 Å². The molecule has 0 spiro atoms. The van der Waals surface area contributed by atoms with Crippen LogP contribution in [-0.4, -0.2) is 24.7 Å². The number of Topliss-reactive ketones (excluding diaryl/α,β-unsaturated/α-hetero) is 1. The minimum atomic E-state index is -0.348. The van der Waals surface area contributed by atoms with Crippen molar-refractivity contribution in [3.63, 3.8) is 0 Å². The maximum Gasteiger partial charge on any atom is 0.144 e. The van der Waals surface area contributed by atoms with Gasteiger partial charge in [0.25, 0.3) is 0 Å². The highest BCUT2D eigenvalue weighted by molar-refractivity contribution is 6.11. The first-order valence-electron chi connectivity index (χ1n) is 11.9. The minimum absolute atomic E-state index is 0.0360. The van der Waals surface area contributed by atoms with E-state index in [1.807, 2.05) is 68.4 Å². The van der Waals surface area contributed by atoms with E-state index in [4.69, 9.17) is 14.5 Å². The Morgan fingerprint density at radius 3 is 2.44 bits per heavy atom. The number of carbonyl (C=O) groups excluding carboxylic acids is 1. The van der Waals surface area contributed by atoms with Crippen LogP contribution in [0, 0.1) is 5.92 Å². The quantitative estimate of drug-likeness (QED) is 0.479. The summed E-state index contributed by atoms with van der Waals surface area (Å²) < 4.78 is 11.5. The molecule has 2 aliphatic rings. The van der Waals surface area contributed by atoms with Crippen LogP contribution in [0.15, 0.2) is 77.8 Å². The molecule has 3 aromatic carbocycles. The lowest BCUT2D eigenvalue weighted by molar-refractivity contribution is -0.122. The molecule has 3 atom stereocenters. The Morgan fingerprint density at radius 2 is 1.68 bits per heavy atom. The Hall–Kier alpha value is -3.60. The summed E-state index contributed by atoms with van der Waals surface area (Å²) in [5.74, 6) is 1.57. The highest BCUT2D eigenvalue weighted by atomic mass is 16.5. The van der Waals surface area contributed by atoms with Crippen molar-refractivity contribution in [2.75, 3.05) is 12.4 Å². The van der Waals surface area contributed by atoms with Crippen molar-refractivity contribution in [3.8, 4) is 11.5 Å². The zero-order valence-corrected chi connectivity index (χ0v) is 19.8. The molecule has 3 unspecified atom stereocenters. The second kappa shape index (κ2) is 9.34. The van der Waals surface area contributed by atoms with Gasteiger partial charge in [-0.2, -0.15) is 0 Å². The Kier molecular flexibility index (Phi) is 6.10. The smallest absolute Gasteiger partial charge is 0.144 e. The number of methoxy groups -OCH3 is 1. The summed E-state index contributed by atoms with van der Waals surface area (Å²) in [6.07, 6.45) is 1.26. The highest BCUT2D eigenvalue weighted by Crippen LogP contribution is 2.45. The molecule has 3 aromatic rings. The number of para-hydroxylation sites is 3. The number of fused-ring (bicyclic) bond motifs is 2. The fraction of sp³-hybridized carbons (Fsp3) is 0.310. The summed E-state index contributed by atoms with van der Waals surface area (Å²) in [6.45, 7) is 4.04. The lowest BCUT2D eigenvalue weighted by Crippen LogP contribution is -2.39. The number of ketones is 1. The van der Waals surface area contributed by atoms with Gasteiger partial charge in [-0.05, 0) is 62.1 Å². The van der Waals surface area contributed by atoms with Gasteiger partial charge in [-0.25, -0.2) is 0 Å². The summed E-state index contributed by atoms with van der Waals surface area (Å²) in [4.78, 5) is 18.8. The average Bonchev–Trinajstić information content (AvgIpc) is 3.01. The lowest BCUT2D eigenvalue weighted by Gasteiger charge is -2.34. The van der Waals surface area contributed by atoms with Crippen LogP contribution in [0.1, 0.15) is 49.8 Å². The number of anilines is 1. The molecule has 1 N–H and O–H groups in total. The molecule has 1 aliphatic heterocycles. The second-order valence-electron chi connectivity index (χ2n) is 9.27. The van der Waals surface area contributed by atoms with Crippen molar-refractivity contribution in [1.29, 1.82) is 0 Å². The Balaban J connectivity index is 1.57. The fourth-order valence-corrected chi connectivity index (χ4v) is 5.07. The molecule has 0 radical (unpaired) electrons. The second-order valence-corrected chi connectivity index (χ2v) is 9.27. The van der Waals surface area contributed by atoms with E-state index in [1.165, 1.54) is 0 Å². The van der Waals surface area contributed by atoms with Crippen molar-refractivity contribution in [2.24, 2.45) is 10.9 Å². The normalized spacial score (nSPS) is 21.6. The van der Waals surface area contributed by atoms with E-state index in [0.29, 0.717) is 6.42 Å². The van der Waals surface area contributed by atoms with Gasteiger partial charge in [-0.3, -0.25) is 9.79 Å². The molecule has 174 valence electrons. The van der Waals surface area contributed by atoms with Crippen LogP contribution in [0.2, 0.25) is 0 Å². The third-order valence-corrected chi connectivity index (χ3v) is 6.63. The highest BCUT2D eigenvalue weighted by Gasteiger charge is 2.42. The van der Waals surface area contributed by atoms with Crippen LogP contribution >= 0.6 is 0 Å². The van der Waals surface area contributed by atoms with Crippen molar-refractivity contribution >= 4 is 22.9 Å². The number of carbonyl (C=O) groups is 1. The third-order valence-electron chi connectivity index (χ3n) is 6.63. The fourth-order valence-electron chi connectivity index (χ4n) is 5.07. The first-order valence-corrected chi connectivity index (χ1v) is 11.9. The summed E-state index contributed by atoms with van der Waals surface area (Å²) in [5, 5.41) is 3.66. The molecule has 0 amide bonds. The molecular weight excluding hydrogens is 424 g/mol. The molecule has 1 saturated carbocycles. The van der Waals surface area contributed by atoms with Crippen molar-refractivity contribution in [1.82, 2.24) is 0 Å². The van der Waals surface area contributed by atoms with Crippen LogP contribution in [-0.2, 0) is 4.79 Å². The van der Waals surface area contributed by atoms with Gasteiger partial charge < -0.3 is 14.8 Å². The Morgan fingerprint density at radius 1 is 0.941 bits per heavy atom.